The van der Waals surface area contributed by atoms with Gasteiger partial charge in [0.05, 0.1) is 0 Å². The minimum atomic E-state index is -2.44. The van der Waals surface area contributed by atoms with E-state index in [1.54, 1.807) is 0 Å². The second kappa shape index (κ2) is 8.19. The summed E-state index contributed by atoms with van der Waals surface area (Å²) < 4.78 is 21.5. The third-order valence-corrected chi connectivity index (χ3v) is 7.06. The molecule has 1 aromatic rings. The molecule has 0 aromatic heterocycles. The van der Waals surface area contributed by atoms with E-state index in [1.807, 2.05) is 30.3 Å². The quantitative estimate of drug-likeness (QED) is 0.751. The molecular weight excluding hydrogens is 277 g/mol. The van der Waals surface area contributed by atoms with Crippen molar-refractivity contribution in [2.24, 2.45) is 0 Å². The Morgan fingerprint density at radius 2 is 1.41 bits per heavy atom. The highest BCUT2D eigenvalue weighted by Crippen LogP contribution is 2.38. The van der Waals surface area contributed by atoms with Crippen LogP contribution in [0.25, 0.3) is 0 Å². The van der Waals surface area contributed by atoms with Crippen LogP contribution in [-0.2, 0) is 9.13 Å². The molecule has 0 radical (unpaired) electrons. The molecule has 96 valence electrons. The van der Waals surface area contributed by atoms with Gasteiger partial charge in [-0.15, -0.1) is 0 Å². The molecule has 2 atom stereocenters. The maximum absolute atomic E-state index is 10.8. The zero-order valence-corrected chi connectivity index (χ0v) is 12.3. The monoisotopic (exact) mass is 294 g/mol. The number of hydrogen-bond acceptors (Lipinski definition) is 2. The van der Waals surface area contributed by atoms with E-state index in [-0.39, 0.29) is 0 Å². The van der Waals surface area contributed by atoms with Gasteiger partial charge in [0.1, 0.15) is 0 Å². The highest BCUT2D eigenvalue weighted by Gasteiger charge is 2.12. The fourth-order valence-corrected chi connectivity index (χ4v) is 6.49. The Balaban J connectivity index is 2.64. The second-order valence-electron chi connectivity index (χ2n) is 3.61. The summed E-state index contributed by atoms with van der Waals surface area (Å²) >= 11 is 0. The molecule has 0 bridgehead atoms. The summed E-state index contributed by atoms with van der Waals surface area (Å²) in [6.07, 6.45) is 1.92. The Labute approximate surface area is 104 Å². The van der Waals surface area contributed by atoms with Crippen LogP contribution in [-0.4, -0.2) is 34.4 Å². The van der Waals surface area contributed by atoms with Crippen LogP contribution in [0, 0.1) is 0 Å². The van der Waals surface area contributed by atoms with Crippen LogP contribution < -0.4 is 5.30 Å². The van der Waals surface area contributed by atoms with Crippen molar-refractivity contribution in [2.45, 2.75) is 0 Å². The van der Waals surface area contributed by atoms with E-state index < -0.39 is 24.0 Å². The SMILES string of the molecule is O=[PH](O)CCP(CC[PH](=O)O)c1ccccc1. The highest BCUT2D eigenvalue weighted by molar-refractivity contribution is 7.66. The van der Waals surface area contributed by atoms with Crippen LogP contribution in [0.2, 0.25) is 0 Å². The Bertz CT molecular complexity index is 364. The fraction of sp³-hybridized carbons (Fsp3) is 0.400. The first-order valence-electron chi connectivity index (χ1n) is 5.33. The average Bonchev–Trinajstić information content (AvgIpc) is 2.29. The van der Waals surface area contributed by atoms with Crippen molar-refractivity contribution in [3.8, 4) is 0 Å². The number of benzene rings is 1. The van der Waals surface area contributed by atoms with Crippen LogP contribution in [0.3, 0.4) is 0 Å². The van der Waals surface area contributed by atoms with Crippen molar-refractivity contribution in [1.29, 1.82) is 0 Å². The summed E-state index contributed by atoms with van der Waals surface area (Å²) in [6.45, 7) is 0. The lowest BCUT2D eigenvalue weighted by atomic mass is 10.4. The molecule has 7 heteroatoms. The van der Waals surface area contributed by atoms with E-state index in [1.165, 1.54) is 0 Å². The van der Waals surface area contributed by atoms with Gasteiger partial charge in [0.2, 0.25) is 0 Å². The average molecular weight is 294 g/mol. The van der Waals surface area contributed by atoms with Gasteiger partial charge in [0, 0.05) is 12.3 Å². The Hall–Kier alpha value is 0.0300. The van der Waals surface area contributed by atoms with Gasteiger partial charge in [-0.25, -0.2) is 0 Å². The van der Waals surface area contributed by atoms with Crippen LogP contribution in [0.5, 0.6) is 0 Å². The third kappa shape index (κ3) is 6.50. The maximum Gasteiger partial charge on any atom is 0.189 e. The second-order valence-corrected chi connectivity index (χ2v) is 8.68. The first kappa shape index (κ1) is 15.1. The van der Waals surface area contributed by atoms with Gasteiger partial charge in [0.25, 0.3) is 0 Å². The molecule has 0 fully saturated rings. The molecule has 2 N–H and O–H groups in total. The van der Waals surface area contributed by atoms with Gasteiger partial charge < -0.3 is 9.79 Å². The zero-order valence-electron chi connectivity index (χ0n) is 9.37. The molecule has 17 heavy (non-hydrogen) atoms. The molecule has 1 rings (SSSR count). The van der Waals surface area contributed by atoms with Crippen molar-refractivity contribution >= 4 is 29.3 Å². The van der Waals surface area contributed by atoms with Gasteiger partial charge in [-0.3, -0.25) is 9.13 Å². The Morgan fingerprint density at radius 3 is 1.82 bits per heavy atom. The van der Waals surface area contributed by atoms with Crippen molar-refractivity contribution in [2.75, 3.05) is 24.6 Å². The molecule has 0 amide bonds. The minimum Gasteiger partial charge on any atom is -0.346 e. The maximum atomic E-state index is 10.8. The normalized spacial score (nSPS) is 16.4. The molecule has 0 aliphatic carbocycles. The first-order valence-corrected chi connectivity index (χ1v) is 10.2. The molecule has 1 aromatic carbocycles. The summed E-state index contributed by atoms with van der Waals surface area (Å²) in [5.74, 6) is 0. The van der Waals surface area contributed by atoms with Gasteiger partial charge in [-0.05, 0) is 17.6 Å². The molecule has 0 heterocycles. The van der Waals surface area contributed by atoms with Crippen molar-refractivity contribution in [3.05, 3.63) is 30.3 Å². The number of hydrogen-bond donors (Lipinski definition) is 2. The van der Waals surface area contributed by atoms with Gasteiger partial charge in [0.15, 0.2) is 16.1 Å². The smallest absolute Gasteiger partial charge is 0.189 e. The molecular formula is C10H17O4P3. The lowest BCUT2D eigenvalue weighted by molar-refractivity contribution is 0.503. The number of rotatable bonds is 7. The van der Waals surface area contributed by atoms with E-state index in [9.17, 15) is 9.13 Å². The van der Waals surface area contributed by atoms with Gasteiger partial charge in [-0.1, -0.05) is 38.3 Å². The van der Waals surface area contributed by atoms with E-state index in [2.05, 4.69) is 0 Å². The summed E-state index contributed by atoms with van der Waals surface area (Å²) in [5, 5.41) is 1.13. The van der Waals surface area contributed by atoms with Crippen molar-refractivity contribution < 1.29 is 18.9 Å². The molecule has 0 saturated heterocycles. The first-order chi connectivity index (χ1) is 8.09. The Kier molecular flexibility index (Phi) is 7.27. The molecule has 0 spiro atoms. The van der Waals surface area contributed by atoms with Gasteiger partial charge in [-0.2, -0.15) is 0 Å². The standard InChI is InChI=1S/C10H17O4P3/c11-16(12)8-6-15(7-9-17(13)14)10-4-2-1-3-5-10/h1-5,16-17H,6-9H2,(H,11,12)(H,13,14). The molecule has 2 unspecified atom stereocenters. The van der Waals surface area contributed by atoms with Crippen LogP contribution in [0.1, 0.15) is 0 Å². The van der Waals surface area contributed by atoms with Crippen molar-refractivity contribution in [1.82, 2.24) is 0 Å². The molecule has 0 saturated carbocycles. The van der Waals surface area contributed by atoms with Crippen LogP contribution in [0.4, 0.5) is 0 Å². The third-order valence-electron chi connectivity index (χ3n) is 2.31. The van der Waals surface area contributed by atoms with Crippen LogP contribution in [0.15, 0.2) is 30.3 Å². The van der Waals surface area contributed by atoms with E-state index >= 15 is 0 Å². The molecule has 0 aliphatic heterocycles. The predicted molar refractivity (Wildman–Crippen MR) is 74.9 cm³/mol. The van der Waals surface area contributed by atoms with Crippen LogP contribution >= 0.6 is 24.0 Å². The summed E-state index contributed by atoms with van der Waals surface area (Å²) in [4.78, 5) is 17.8. The summed E-state index contributed by atoms with van der Waals surface area (Å²) in [7, 11) is -5.47. The predicted octanol–water partition coefficient (Wildman–Crippen LogP) is 1.73. The molecule has 4 nitrogen and oxygen atoms in total. The highest BCUT2D eigenvalue weighted by atomic mass is 31.1. The van der Waals surface area contributed by atoms with E-state index in [0.717, 1.165) is 5.30 Å². The minimum absolute atomic E-state index is 0.303. The lowest BCUT2D eigenvalue weighted by Gasteiger charge is -2.16. The van der Waals surface area contributed by atoms with Gasteiger partial charge >= 0.3 is 0 Å². The fourth-order valence-electron chi connectivity index (χ4n) is 1.47. The zero-order chi connectivity index (χ0) is 12.7. The summed E-state index contributed by atoms with van der Waals surface area (Å²) in [6, 6.07) is 9.73. The molecule has 0 aliphatic rings. The van der Waals surface area contributed by atoms with E-state index in [0.29, 0.717) is 24.6 Å². The Morgan fingerprint density at radius 1 is 0.941 bits per heavy atom. The summed E-state index contributed by atoms with van der Waals surface area (Å²) in [5.41, 5.74) is 0. The lowest BCUT2D eigenvalue weighted by Crippen LogP contribution is -2.08. The van der Waals surface area contributed by atoms with Crippen molar-refractivity contribution in [3.63, 3.8) is 0 Å². The van der Waals surface area contributed by atoms with E-state index in [4.69, 9.17) is 9.79 Å². The topological polar surface area (TPSA) is 74.6 Å². The largest absolute Gasteiger partial charge is 0.346 e.